The molecule has 0 rings (SSSR count). The lowest BCUT2D eigenvalue weighted by atomic mass is 9.95. The fourth-order valence-electron chi connectivity index (χ4n) is 2.35. The quantitative estimate of drug-likeness (QED) is 0.584. The van der Waals surface area contributed by atoms with Crippen molar-refractivity contribution in [3.63, 3.8) is 0 Å². The molecule has 0 heterocycles. The molecule has 0 aliphatic rings. The third-order valence-electron chi connectivity index (χ3n) is 3.22. The molecular formula is C13H30N2O. The Morgan fingerprint density at radius 2 is 1.88 bits per heavy atom. The highest BCUT2D eigenvalue weighted by molar-refractivity contribution is 4.77. The van der Waals surface area contributed by atoms with Crippen LogP contribution in [0.5, 0.6) is 0 Å². The van der Waals surface area contributed by atoms with Crippen LogP contribution in [0, 0.1) is 5.92 Å². The molecule has 0 bridgehead atoms. The molecule has 0 aromatic carbocycles. The van der Waals surface area contributed by atoms with Crippen LogP contribution in [0.1, 0.15) is 47.0 Å². The van der Waals surface area contributed by atoms with Gasteiger partial charge in [-0.3, -0.25) is 4.90 Å². The minimum Gasteiger partial charge on any atom is -0.305 e. The van der Waals surface area contributed by atoms with Gasteiger partial charge in [-0.1, -0.05) is 34.1 Å². The Kier molecular flexibility index (Phi) is 9.99. The molecule has 1 N–H and O–H groups in total. The number of nitrogens with one attached hydrogen (secondary N) is 1. The Balaban J connectivity index is 4.34. The van der Waals surface area contributed by atoms with Crippen molar-refractivity contribution in [2.45, 2.75) is 53.0 Å². The van der Waals surface area contributed by atoms with Crippen LogP contribution in [-0.2, 0) is 4.84 Å². The minimum absolute atomic E-state index is 0.588. The van der Waals surface area contributed by atoms with E-state index in [4.69, 9.17) is 4.84 Å². The number of hydrogen-bond donors (Lipinski definition) is 1. The van der Waals surface area contributed by atoms with Gasteiger partial charge in [0.1, 0.15) is 0 Å². The van der Waals surface area contributed by atoms with Crippen LogP contribution in [-0.4, -0.2) is 37.7 Å². The van der Waals surface area contributed by atoms with Gasteiger partial charge in [0.15, 0.2) is 0 Å². The highest BCUT2D eigenvalue weighted by atomic mass is 16.6. The van der Waals surface area contributed by atoms with E-state index in [1.54, 1.807) is 7.11 Å². The zero-order chi connectivity index (χ0) is 12.4. The Morgan fingerprint density at radius 3 is 2.31 bits per heavy atom. The maximum absolute atomic E-state index is 5.00. The fourth-order valence-corrected chi connectivity index (χ4v) is 2.35. The summed E-state index contributed by atoms with van der Waals surface area (Å²) in [6.45, 7) is 12.3. The second-order valence-corrected chi connectivity index (χ2v) is 4.51. The first-order valence-corrected chi connectivity index (χ1v) is 6.71. The van der Waals surface area contributed by atoms with Crippen molar-refractivity contribution < 1.29 is 4.84 Å². The van der Waals surface area contributed by atoms with Crippen LogP contribution in [0.3, 0.4) is 0 Å². The van der Waals surface area contributed by atoms with E-state index in [2.05, 4.69) is 38.1 Å². The molecule has 0 aliphatic carbocycles. The molecule has 0 fully saturated rings. The van der Waals surface area contributed by atoms with Crippen LogP contribution < -0.4 is 5.48 Å². The lowest BCUT2D eigenvalue weighted by Crippen LogP contribution is -2.46. The van der Waals surface area contributed by atoms with Gasteiger partial charge in [-0.25, -0.2) is 5.48 Å². The summed E-state index contributed by atoms with van der Waals surface area (Å²) in [4.78, 5) is 7.56. The Morgan fingerprint density at radius 1 is 1.19 bits per heavy atom. The topological polar surface area (TPSA) is 24.5 Å². The highest BCUT2D eigenvalue weighted by Gasteiger charge is 2.22. The number of rotatable bonds is 10. The van der Waals surface area contributed by atoms with Crippen molar-refractivity contribution in [2.75, 3.05) is 26.7 Å². The second kappa shape index (κ2) is 10.1. The zero-order valence-corrected chi connectivity index (χ0v) is 11.8. The smallest absolute Gasteiger partial charge is 0.0572 e. The van der Waals surface area contributed by atoms with Gasteiger partial charge >= 0.3 is 0 Å². The summed E-state index contributed by atoms with van der Waals surface area (Å²) in [6, 6.07) is 0.588. The summed E-state index contributed by atoms with van der Waals surface area (Å²) < 4.78 is 0. The second-order valence-electron chi connectivity index (χ2n) is 4.51. The largest absolute Gasteiger partial charge is 0.305 e. The number of nitrogens with zero attached hydrogens (tertiary/aromatic N) is 1. The molecule has 0 aliphatic heterocycles. The lowest BCUT2D eigenvalue weighted by molar-refractivity contribution is 0.0484. The molecular weight excluding hydrogens is 200 g/mol. The maximum atomic E-state index is 5.00. The van der Waals surface area contributed by atoms with E-state index in [1.165, 1.54) is 25.8 Å². The molecule has 98 valence electrons. The van der Waals surface area contributed by atoms with Gasteiger partial charge < -0.3 is 4.84 Å². The van der Waals surface area contributed by atoms with Gasteiger partial charge in [0.2, 0.25) is 0 Å². The minimum atomic E-state index is 0.588. The summed E-state index contributed by atoms with van der Waals surface area (Å²) in [5.41, 5.74) is 3.02. The van der Waals surface area contributed by atoms with Crippen LogP contribution >= 0.6 is 0 Å². The number of hydroxylamine groups is 1. The predicted octanol–water partition coefficient (Wildman–Crippen LogP) is 2.67. The summed E-state index contributed by atoms with van der Waals surface area (Å²) in [5.74, 6) is 0.721. The molecule has 0 aromatic rings. The first-order valence-electron chi connectivity index (χ1n) is 6.71. The van der Waals surface area contributed by atoms with Gasteiger partial charge in [0.05, 0.1) is 7.11 Å². The Hall–Kier alpha value is -0.120. The monoisotopic (exact) mass is 230 g/mol. The number of hydrogen-bond acceptors (Lipinski definition) is 3. The molecule has 3 nitrogen and oxygen atoms in total. The molecule has 0 saturated heterocycles. The van der Waals surface area contributed by atoms with Crippen molar-refractivity contribution in [3.8, 4) is 0 Å². The van der Waals surface area contributed by atoms with E-state index in [-0.39, 0.29) is 0 Å². The first kappa shape index (κ1) is 15.9. The Labute approximate surface area is 101 Å². The van der Waals surface area contributed by atoms with E-state index >= 15 is 0 Å². The van der Waals surface area contributed by atoms with E-state index < -0.39 is 0 Å². The molecule has 0 saturated carbocycles. The fraction of sp³-hybridized carbons (Fsp3) is 1.00. The van der Waals surface area contributed by atoms with Crippen molar-refractivity contribution in [1.82, 2.24) is 10.4 Å². The SMILES string of the molecule is CCCC(C)C(CNOC)N(CC)CCC. The summed E-state index contributed by atoms with van der Waals surface area (Å²) in [7, 11) is 1.69. The van der Waals surface area contributed by atoms with Crippen LogP contribution in [0.4, 0.5) is 0 Å². The van der Waals surface area contributed by atoms with E-state index in [1.807, 2.05) is 0 Å². The molecule has 3 heteroatoms. The predicted molar refractivity (Wildman–Crippen MR) is 70.4 cm³/mol. The highest BCUT2D eigenvalue weighted by Crippen LogP contribution is 2.16. The molecule has 2 unspecified atom stereocenters. The molecule has 2 atom stereocenters. The molecule has 0 radical (unpaired) electrons. The van der Waals surface area contributed by atoms with Gasteiger partial charge in [-0.15, -0.1) is 0 Å². The van der Waals surface area contributed by atoms with Crippen molar-refractivity contribution in [1.29, 1.82) is 0 Å². The standard InChI is InChI=1S/C13H30N2O/c1-6-9-12(4)13(11-14-16-5)15(8-3)10-7-2/h12-14H,6-11H2,1-5H3. The average Bonchev–Trinajstić information content (AvgIpc) is 2.28. The first-order chi connectivity index (χ1) is 7.71. The molecule has 0 spiro atoms. The van der Waals surface area contributed by atoms with E-state index in [9.17, 15) is 0 Å². The normalized spacial score (nSPS) is 15.4. The zero-order valence-electron chi connectivity index (χ0n) is 11.8. The van der Waals surface area contributed by atoms with Crippen LogP contribution in [0.15, 0.2) is 0 Å². The van der Waals surface area contributed by atoms with Gasteiger partial charge in [-0.05, 0) is 31.8 Å². The summed E-state index contributed by atoms with van der Waals surface area (Å²) in [6.07, 6.45) is 3.76. The Bertz CT molecular complexity index is 153. The van der Waals surface area contributed by atoms with Gasteiger partial charge in [0.25, 0.3) is 0 Å². The van der Waals surface area contributed by atoms with Crippen molar-refractivity contribution >= 4 is 0 Å². The van der Waals surface area contributed by atoms with Crippen molar-refractivity contribution in [2.24, 2.45) is 5.92 Å². The van der Waals surface area contributed by atoms with E-state index in [0.29, 0.717) is 6.04 Å². The molecule has 0 aromatic heterocycles. The van der Waals surface area contributed by atoms with Crippen LogP contribution in [0.25, 0.3) is 0 Å². The maximum Gasteiger partial charge on any atom is 0.0572 e. The van der Waals surface area contributed by atoms with Crippen molar-refractivity contribution in [3.05, 3.63) is 0 Å². The summed E-state index contributed by atoms with van der Waals surface area (Å²) >= 11 is 0. The lowest BCUT2D eigenvalue weighted by Gasteiger charge is -2.34. The third kappa shape index (κ3) is 5.83. The molecule has 16 heavy (non-hydrogen) atoms. The van der Waals surface area contributed by atoms with Gasteiger partial charge in [-0.2, -0.15) is 0 Å². The average molecular weight is 230 g/mol. The summed E-state index contributed by atoms with van der Waals surface area (Å²) in [5, 5.41) is 0. The molecule has 0 amide bonds. The van der Waals surface area contributed by atoms with Gasteiger partial charge in [0, 0.05) is 12.6 Å². The number of likely N-dealkylation sites (N-methyl/N-ethyl adjacent to an activating group) is 1. The van der Waals surface area contributed by atoms with E-state index in [0.717, 1.165) is 19.0 Å². The van der Waals surface area contributed by atoms with Crippen LogP contribution in [0.2, 0.25) is 0 Å². The third-order valence-corrected chi connectivity index (χ3v) is 3.22.